The highest BCUT2D eigenvalue weighted by atomic mass is 79.9. The van der Waals surface area contributed by atoms with E-state index >= 15 is 0 Å². The highest BCUT2D eigenvalue weighted by Crippen LogP contribution is 2.25. The fourth-order valence-electron chi connectivity index (χ4n) is 1.57. The SMILES string of the molecule is CC(NCc1ccccc1Br)c1csc(Cl)c1. The lowest BCUT2D eigenvalue weighted by Crippen LogP contribution is -2.17. The summed E-state index contributed by atoms with van der Waals surface area (Å²) in [6, 6.07) is 10.6. The average Bonchev–Trinajstić information content (AvgIpc) is 2.74. The standard InChI is InChI=1S/C13H13BrClNS/c1-9(11-6-13(15)17-8-11)16-7-10-4-2-3-5-12(10)14/h2-6,8-9,16H,7H2,1H3. The summed E-state index contributed by atoms with van der Waals surface area (Å²) in [5, 5.41) is 5.58. The van der Waals surface area contributed by atoms with E-state index in [1.54, 1.807) is 11.3 Å². The molecule has 0 spiro atoms. The smallest absolute Gasteiger partial charge is 0.0931 e. The van der Waals surface area contributed by atoms with Crippen LogP contribution in [0, 0.1) is 0 Å². The third-order valence-corrected chi connectivity index (χ3v) is 4.53. The van der Waals surface area contributed by atoms with E-state index in [9.17, 15) is 0 Å². The van der Waals surface area contributed by atoms with Crippen molar-refractivity contribution in [2.45, 2.75) is 19.5 Å². The molecule has 2 rings (SSSR count). The molecule has 0 saturated heterocycles. The molecule has 90 valence electrons. The molecular weight excluding hydrogens is 318 g/mol. The summed E-state index contributed by atoms with van der Waals surface area (Å²) in [5.41, 5.74) is 2.51. The van der Waals surface area contributed by atoms with Gasteiger partial charge in [0.2, 0.25) is 0 Å². The highest BCUT2D eigenvalue weighted by Gasteiger charge is 2.07. The molecule has 0 aliphatic rings. The summed E-state index contributed by atoms with van der Waals surface area (Å²) >= 11 is 11.1. The van der Waals surface area contributed by atoms with E-state index < -0.39 is 0 Å². The van der Waals surface area contributed by atoms with Gasteiger partial charge in [0.25, 0.3) is 0 Å². The normalized spacial score (nSPS) is 12.6. The lowest BCUT2D eigenvalue weighted by Gasteiger charge is -2.13. The maximum absolute atomic E-state index is 5.93. The van der Waals surface area contributed by atoms with Gasteiger partial charge in [0.15, 0.2) is 0 Å². The second-order valence-corrected chi connectivity index (χ2v) is 6.28. The topological polar surface area (TPSA) is 12.0 Å². The number of halogens is 2. The summed E-state index contributed by atoms with van der Waals surface area (Å²) < 4.78 is 1.98. The van der Waals surface area contributed by atoms with Crippen LogP contribution in [0.25, 0.3) is 0 Å². The van der Waals surface area contributed by atoms with Crippen molar-refractivity contribution in [2.75, 3.05) is 0 Å². The van der Waals surface area contributed by atoms with Crippen molar-refractivity contribution >= 4 is 38.9 Å². The van der Waals surface area contributed by atoms with E-state index in [0.717, 1.165) is 15.4 Å². The summed E-state index contributed by atoms with van der Waals surface area (Å²) in [6.07, 6.45) is 0. The molecule has 0 bridgehead atoms. The van der Waals surface area contributed by atoms with Gasteiger partial charge in [-0.2, -0.15) is 0 Å². The fourth-order valence-corrected chi connectivity index (χ4v) is 2.98. The molecule has 1 heterocycles. The molecule has 1 nitrogen and oxygen atoms in total. The Bertz CT molecular complexity index is 498. The molecule has 0 fully saturated rings. The van der Waals surface area contributed by atoms with E-state index in [1.807, 2.05) is 18.2 Å². The molecule has 0 aliphatic heterocycles. The molecule has 0 amide bonds. The molecule has 0 aliphatic carbocycles. The number of benzene rings is 1. The van der Waals surface area contributed by atoms with Gasteiger partial charge in [-0.3, -0.25) is 0 Å². The first kappa shape index (κ1) is 13.1. The minimum Gasteiger partial charge on any atom is -0.306 e. The van der Waals surface area contributed by atoms with Crippen LogP contribution in [0.3, 0.4) is 0 Å². The first-order chi connectivity index (χ1) is 8.16. The molecule has 2 aromatic rings. The molecule has 17 heavy (non-hydrogen) atoms. The Morgan fingerprint density at radius 1 is 1.41 bits per heavy atom. The van der Waals surface area contributed by atoms with Gasteiger partial charge in [-0.1, -0.05) is 45.7 Å². The van der Waals surface area contributed by atoms with Gasteiger partial charge in [0.05, 0.1) is 4.34 Å². The minimum atomic E-state index is 0.311. The summed E-state index contributed by atoms with van der Waals surface area (Å²) in [4.78, 5) is 0. The van der Waals surface area contributed by atoms with Gasteiger partial charge in [0.1, 0.15) is 0 Å². The van der Waals surface area contributed by atoms with Gasteiger partial charge in [-0.25, -0.2) is 0 Å². The van der Waals surface area contributed by atoms with Gasteiger partial charge in [0, 0.05) is 17.1 Å². The maximum Gasteiger partial charge on any atom is 0.0931 e. The van der Waals surface area contributed by atoms with Crippen molar-refractivity contribution in [1.29, 1.82) is 0 Å². The predicted octanol–water partition coefficient (Wildman–Crippen LogP) is 5.01. The number of nitrogens with one attached hydrogen (secondary N) is 1. The first-order valence-corrected chi connectivity index (χ1v) is 7.42. The van der Waals surface area contributed by atoms with Gasteiger partial charge >= 0.3 is 0 Å². The van der Waals surface area contributed by atoms with Crippen LogP contribution in [0.2, 0.25) is 4.34 Å². The summed E-state index contributed by atoms with van der Waals surface area (Å²) in [7, 11) is 0. The van der Waals surface area contributed by atoms with Gasteiger partial charge < -0.3 is 5.32 Å². The second-order valence-electron chi connectivity index (χ2n) is 3.88. The minimum absolute atomic E-state index is 0.311. The van der Waals surface area contributed by atoms with E-state index in [2.05, 4.69) is 45.7 Å². The Morgan fingerprint density at radius 3 is 2.82 bits per heavy atom. The van der Waals surface area contributed by atoms with Crippen molar-refractivity contribution in [3.63, 3.8) is 0 Å². The molecule has 0 radical (unpaired) electrons. The van der Waals surface area contributed by atoms with Crippen LogP contribution in [-0.2, 0) is 6.54 Å². The van der Waals surface area contributed by atoms with E-state index in [4.69, 9.17) is 11.6 Å². The van der Waals surface area contributed by atoms with Crippen LogP contribution in [0.15, 0.2) is 40.2 Å². The molecule has 1 N–H and O–H groups in total. The van der Waals surface area contributed by atoms with Crippen LogP contribution >= 0.6 is 38.9 Å². The Hall–Kier alpha value is -0.350. The zero-order valence-corrected chi connectivity index (χ0v) is 12.6. The van der Waals surface area contributed by atoms with Gasteiger partial charge in [-0.15, -0.1) is 11.3 Å². The third kappa shape index (κ3) is 3.55. The van der Waals surface area contributed by atoms with E-state index in [-0.39, 0.29) is 0 Å². The molecule has 1 atom stereocenters. The van der Waals surface area contributed by atoms with Crippen LogP contribution in [0.5, 0.6) is 0 Å². The van der Waals surface area contributed by atoms with Crippen molar-refractivity contribution < 1.29 is 0 Å². The molecule has 0 saturated carbocycles. The Morgan fingerprint density at radius 2 is 2.18 bits per heavy atom. The highest BCUT2D eigenvalue weighted by molar-refractivity contribution is 9.10. The first-order valence-electron chi connectivity index (χ1n) is 5.37. The number of hydrogen-bond donors (Lipinski definition) is 1. The largest absolute Gasteiger partial charge is 0.306 e. The van der Waals surface area contributed by atoms with Crippen molar-refractivity contribution in [1.82, 2.24) is 5.32 Å². The van der Waals surface area contributed by atoms with Crippen molar-refractivity contribution in [2.24, 2.45) is 0 Å². The molecule has 4 heteroatoms. The van der Waals surface area contributed by atoms with E-state index in [0.29, 0.717) is 6.04 Å². The summed E-state index contributed by atoms with van der Waals surface area (Å²) in [5.74, 6) is 0. The quantitative estimate of drug-likeness (QED) is 0.830. The monoisotopic (exact) mass is 329 g/mol. The number of rotatable bonds is 4. The lowest BCUT2D eigenvalue weighted by atomic mass is 10.1. The molecular formula is C13H13BrClNS. The van der Waals surface area contributed by atoms with E-state index in [1.165, 1.54) is 11.1 Å². The van der Waals surface area contributed by atoms with Crippen molar-refractivity contribution in [3.05, 3.63) is 55.6 Å². The van der Waals surface area contributed by atoms with Crippen LogP contribution in [0.4, 0.5) is 0 Å². The number of thiophene rings is 1. The Balaban J connectivity index is 1.97. The van der Waals surface area contributed by atoms with Crippen LogP contribution in [-0.4, -0.2) is 0 Å². The zero-order valence-electron chi connectivity index (χ0n) is 9.41. The third-order valence-electron chi connectivity index (χ3n) is 2.64. The second kappa shape index (κ2) is 6.01. The Labute approximate surface area is 119 Å². The van der Waals surface area contributed by atoms with Crippen LogP contribution in [0.1, 0.15) is 24.1 Å². The van der Waals surface area contributed by atoms with Gasteiger partial charge in [-0.05, 0) is 35.6 Å². The summed E-state index contributed by atoms with van der Waals surface area (Å²) in [6.45, 7) is 2.99. The average molecular weight is 331 g/mol. The number of hydrogen-bond acceptors (Lipinski definition) is 2. The molecule has 1 unspecified atom stereocenters. The maximum atomic E-state index is 5.93. The fraction of sp³-hybridized carbons (Fsp3) is 0.231. The van der Waals surface area contributed by atoms with Crippen molar-refractivity contribution in [3.8, 4) is 0 Å². The zero-order chi connectivity index (χ0) is 12.3. The molecule has 1 aromatic carbocycles. The Kier molecular flexibility index (Phi) is 4.62. The predicted molar refractivity (Wildman–Crippen MR) is 78.7 cm³/mol. The lowest BCUT2D eigenvalue weighted by molar-refractivity contribution is 0.575. The van der Waals surface area contributed by atoms with Crippen LogP contribution < -0.4 is 5.32 Å². The molecule has 1 aromatic heterocycles.